The Bertz CT molecular complexity index is 1100. The van der Waals surface area contributed by atoms with Crippen molar-refractivity contribution in [3.63, 3.8) is 0 Å². The van der Waals surface area contributed by atoms with Gasteiger partial charge in [0, 0.05) is 24.7 Å². The molecule has 3 aromatic rings. The summed E-state index contributed by atoms with van der Waals surface area (Å²) in [6.45, 7) is 3.31. The van der Waals surface area contributed by atoms with Gasteiger partial charge in [-0.15, -0.1) is 12.4 Å². The molecule has 0 spiro atoms. The molecule has 3 aromatic carbocycles. The van der Waals surface area contributed by atoms with Gasteiger partial charge >= 0.3 is 0 Å². The van der Waals surface area contributed by atoms with Crippen molar-refractivity contribution in [2.24, 2.45) is 17.6 Å². The predicted octanol–water partition coefficient (Wildman–Crippen LogP) is 5.19. The van der Waals surface area contributed by atoms with Gasteiger partial charge in [-0.3, -0.25) is 4.79 Å². The monoisotopic (exact) mass is 424 g/mol. The largest absolute Gasteiger partial charge is 0.338 e. The quantitative estimate of drug-likeness (QED) is 0.615. The molecule has 30 heavy (non-hydrogen) atoms. The van der Waals surface area contributed by atoms with E-state index in [1.54, 1.807) is 6.92 Å². The molecule has 1 aliphatic carbocycles. The lowest BCUT2D eigenvalue weighted by Gasteiger charge is -2.36. The summed E-state index contributed by atoms with van der Waals surface area (Å²) in [5.41, 5.74) is 9.67. The number of rotatable bonds is 2. The highest BCUT2D eigenvalue weighted by atomic mass is 35.5. The molecule has 5 rings (SSSR count). The summed E-state index contributed by atoms with van der Waals surface area (Å²) in [5.74, 6) is 0.772. The van der Waals surface area contributed by atoms with Crippen molar-refractivity contribution >= 4 is 29.1 Å². The fraction of sp³-hybridized carbons (Fsp3) is 0.320. The van der Waals surface area contributed by atoms with Gasteiger partial charge in [0.25, 0.3) is 5.91 Å². The fourth-order valence-corrected chi connectivity index (χ4v) is 5.09. The third-order valence-electron chi connectivity index (χ3n) is 6.79. The number of amides is 1. The van der Waals surface area contributed by atoms with E-state index < -0.39 is 0 Å². The Hall–Kier alpha value is -2.43. The number of carbonyl (C=O) groups is 1. The molecule has 2 N–H and O–H groups in total. The van der Waals surface area contributed by atoms with Gasteiger partial charge < -0.3 is 10.6 Å². The van der Waals surface area contributed by atoms with Crippen LogP contribution in [-0.4, -0.2) is 29.9 Å². The maximum absolute atomic E-state index is 13.7. The summed E-state index contributed by atoms with van der Waals surface area (Å²) in [4.78, 5) is 15.1. The smallest absolute Gasteiger partial charge is 0.253 e. The summed E-state index contributed by atoms with van der Waals surface area (Å²) in [5, 5.41) is 2.09. The third-order valence-corrected chi connectivity index (χ3v) is 6.79. The van der Waals surface area contributed by atoms with Crippen molar-refractivity contribution in [3.8, 4) is 11.1 Å². The topological polar surface area (TPSA) is 46.3 Å². The minimum Gasteiger partial charge on any atom is -0.338 e. The van der Waals surface area contributed by atoms with Crippen molar-refractivity contribution in [2.75, 3.05) is 13.1 Å². The van der Waals surface area contributed by atoms with Crippen LogP contribution < -0.4 is 5.73 Å². The zero-order valence-corrected chi connectivity index (χ0v) is 17.8. The lowest BCUT2D eigenvalue weighted by atomic mass is 9.92. The summed E-state index contributed by atoms with van der Waals surface area (Å²) in [6.07, 6.45) is 2.27. The molecular weight excluding hydrogens is 399 g/mol. The molecular formula is C25H26ClFN2O. The van der Waals surface area contributed by atoms with Gasteiger partial charge in [-0.1, -0.05) is 30.3 Å². The molecule has 1 amide bonds. The van der Waals surface area contributed by atoms with Gasteiger partial charge in [-0.05, 0) is 83.3 Å². The van der Waals surface area contributed by atoms with E-state index >= 15 is 0 Å². The minimum absolute atomic E-state index is 0. The Kier molecular flexibility index (Phi) is 5.56. The summed E-state index contributed by atoms with van der Waals surface area (Å²) < 4.78 is 13.7. The molecule has 1 saturated heterocycles. The number of piperidine rings is 1. The highest BCUT2D eigenvalue weighted by Crippen LogP contribution is 2.36. The van der Waals surface area contributed by atoms with E-state index in [0.717, 1.165) is 53.4 Å². The molecule has 0 aromatic heterocycles. The van der Waals surface area contributed by atoms with Gasteiger partial charge in [0.1, 0.15) is 5.82 Å². The SMILES string of the molecule is Cc1cc(-c2cccc3cc(C(=O)N4C[C@H]5CC[C@@H](C4)C5N)ccc23)ccc1F.Cl. The van der Waals surface area contributed by atoms with Crippen LogP contribution in [0.4, 0.5) is 4.39 Å². The number of carbonyl (C=O) groups excluding carboxylic acids is 1. The van der Waals surface area contributed by atoms with Crippen molar-refractivity contribution in [1.82, 2.24) is 4.90 Å². The van der Waals surface area contributed by atoms with Gasteiger partial charge in [0.15, 0.2) is 0 Å². The Morgan fingerprint density at radius 1 is 1.03 bits per heavy atom. The van der Waals surface area contributed by atoms with Gasteiger partial charge in [0.05, 0.1) is 0 Å². The van der Waals surface area contributed by atoms with E-state index in [1.165, 1.54) is 6.07 Å². The number of likely N-dealkylation sites (tertiary alicyclic amines) is 1. The zero-order chi connectivity index (χ0) is 20.1. The summed E-state index contributed by atoms with van der Waals surface area (Å²) in [6, 6.07) is 17.4. The van der Waals surface area contributed by atoms with E-state index in [-0.39, 0.29) is 30.2 Å². The van der Waals surface area contributed by atoms with Gasteiger partial charge in [-0.2, -0.15) is 0 Å². The van der Waals surface area contributed by atoms with E-state index in [9.17, 15) is 9.18 Å². The van der Waals surface area contributed by atoms with Crippen LogP contribution in [0, 0.1) is 24.6 Å². The molecule has 2 aliphatic rings. The fourth-order valence-electron chi connectivity index (χ4n) is 5.09. The number of fused-ring (bicyclic) bond motifs is 3. The first-order chi connectivity index (χ1) is 14.0. The van der Waals surface area contributed by atoms with E-state index in [0.29, 0.717) is 17.4 Å². The number of hydrogen-bond acceptors (Lipinski definition) is 2. The molecule has 3 nitrogen and oxygen atoms in total. The maximum Gasteiger partial charge on any atom is 0.253 e. The van der Waals surface area contributed by atoms with Gasteiger partial charge in [0.2, 0.25) is 0 Å². The average molecular weight is 425 g/mol. The third kappa shape index (κ3) is 3.48. The second-order valence-electron chi connectivity index (χ2n) is 8.59. The van der Waals surface area contributed by atoms with Crippen LogP contribution in [0.15, 0.2) is 54.6 Å². The van der Waals surface area contributed by atoms with Crippen LogP contribution in [0.2, 0.25) is 0 Å². The number of hydrogen-bond donors (Lipinski definition) is 1. The minimum atomic E-state index is -0.197. The van der Waals surface area contributed by atoms with Crippen LogP contribution in [0.25, 0.3) is 21.9 Å². The molecule has 0 radical (unpaired) electrons. The van der Waals surface area contributed by atoms with E-state index in [4.69, 9.17) is 5.73 Å². The lowest BCUT2D eigenvalue weighted by molar-refractivity contribution is 0.0637. The summed E-state index contributed by atoms with van der Waals surface area (Å²) >= 11 is 0. The molecule has 5 heteroatoms. The van der Waals surface area contributed by atoms with Gasteiger partial charge in [-0.25, -0.2) is 4.39 Å². The van der Waals surface area contributed by atoms with Crippen molar-refractivity contribution < 1.29 is 9.18 Å². The zero-order valence-electron chi connectivity index (χ0n) is 17.0. The number of nitrogens with zero attached hydrogens (tertiary/aromatic N) is 1. The molecule has 2 fully saturated rings. The van der Waals surface area contributed by atoms with Crippen LogP contribution >= 0.6 is 12.4 Å². The van der Waals surface area contributed by atoms with Crippen molar-refractivity contribution in [2.45, 2.75) is 25.8 Å². The predicted molar refractivity (Wildman–Crippen MR) is 121 cm³/mol. The van der Waals surface area contributed by atoms with Crippen LogP contribution in [0.3, 0.4) is 0 Å². The van der Waals surface area contributed by atoms with Crippen LogP contribution in [-0.2, 0) is 0 Å². The molecule has 1 heterocycles. The highest BCUT2D eigenvalue weighted by molar-refractivity contribution is 6.02. The molecule has 1 unspecified atom stereocenters. The van der Waals surface area contributed by atoms with E-state index in [2.05, 4.69) is 0 Å². The number of halogens is 2. The Morgan fingerprint density at radius 3 is 2.47 bits per heavy atom. The van der Waals surface area contributed by atoms with Crippen LogP contribution in [0.5, 0.6) is 0 Å². The standard InChI is InChI=1S/C25H25FN2O.ClH/c1-15-11-17(8-10-23(15)26)21-4-2-3-16-12-18(7-9-22(16)21)25(29)28-13-19-5-6-20(14-28)24(19)27;/h2-4,7-12,19-20,24H,5-6,13-14,27H2,1H3;1H/t19-,20+,24?;. The average Bonchev–Trinajstić information content (AvgIpc) is 2.94. The number of aryl methyl sites for hydroxylation is 1. The normalized spacial score (nSPS) is 22.8. The maximum atomic E-state index is 13.7. The first-order valence-corrected chi connectivity index (χ1v) is 10.4. The van der Waals surface area contributed by atoms with Crippen molar-refractivity contribution in [3.05, 3.63) is 71.5 Å². The lowest BCUT2D eigenvalue weighted by Crippen LogP contribution is -2.50. The summed E-state index contributed by atoms with van der Waals surface area (Å²) in [7, 11) is 0. The number of benzene rings is 3. The molecule has 1 aliphatic heterocycles. The second kappa shape index (κ2) is 8.01. The Morgan fingerprint density at radius 2 is 1.77 bits per heavy atom. The Labute approximate surface area is 182 Å². The molecule has 156 valence electrons. The molecule has 2 bridgehead atoms. The molecule has 3 atom stereocenters. The van der Waals surface area contributed by atoms with Crippen molar-refractivity contribution in [1.29, 1.82) is 0 Å². The van der Waals surface area contributed by atoms with Crippen LogP contribution in [0.1, 0.15) is 28.8 Å². The molecule has 1 saturated carbocycles. The first kappa shape index (κ1) is 20.8. The second-order valence-corrected chi connectivity index (χ2v) is 8.59. The first-order valence-electron chi connectivity index (χ1n) is 10.4. The Balaban J connectivity index is 0.00000218. The number of nitrogens with two attached hydrogens (primary N) is 1. The highest BCUT2D eigenvalue weighted by Gasteiger charge is 2.41. The van der Waals surface area contributed by atoms with E-state index in [1.807, 2.05) is 53.4 Å².